The second-order valence-electron chi connectivity index (χ2n) is 6.76. The summed E-state index contributed by atoms with van der Waals surface area (Å²) < 4.78 is 0. The summed E-state index contributed by atoms with van der Waals surface area (Å²) in [5.41, 5.74) is 7.86. The van der Waals surface area contributed by atoms with Gasteiger partial charge in [0, 0.05) is 35.2 Å². The monoisotopic (exact) mass is 422 g/mol. The Balaban J connectivity index is 2.51. The van der Waals surface area contributed by atoms with Crippen molar-refractivity contribution in [2.24, 2.45) is 10.8 Å². The molecule has 0 spiro atoms. The van der Waals surface area contributed by atoms with Crippen molar-refractivity contribution in [3.8, 4) is 0 Å². The van der Waals surface area contributed by atoms with E-state index in [1.807, 2.05) is 0 Å². The number of hydrogen-bond donors (Lipinski definition) is 2. The topological polar surface area (TPSA) is 111 Å². The van der Waals surface area contributed by atoms with Gasteiger partial charge in [0.05, 0.1) is 11.6 Å². The third-order valence-electron chi connectivity index (χ3n) is 4.47. The predicted molar refractivity (Wildman–Crippen MR) is 111 cm³/mol. The van der Waals surface area contributed by atoms with Crippen LogP contribution in [0.15, 0.2) is 53.6 Å². The Kier molecular flexibility index (Phi) is 6.99. The molecule has 2 aromatic carbocycles. The maximum Gasteiger partial charge on any atom is 0.332 e. The fourth-order valence-corrected chi connectivity index (χ4v) is 3.04. The van der Waals surface area contributed by atoms with Crippen LogP contribution in [-0.4, -0.2) is 22.2 Å². The summed E-state index contributed by atoms with van der Waals surface area (Å²) >= 11 is 11.9. The number of amides is 2. The molecular weight excluding hydrogens is 403 g/mol. The standard InChI is InChI=1S/C19H20Cl2N4O3/c1-19(2,25(27)28)16(12-3-7-14(20)8-4-12)11-17(23-24-18(22)26)13-5-9-15(21)10-6-13/h3-10,16H,11H2,1-2H3,(H3,22,24,26). The van der Waals surface area contributed by atoms with Gasteiger partial charge in [0.15, 0.2) is 0 Å². The smallest absolute Gasteiger partial charge is 0.332 e. The van der Waals surface area contributed by atoms with Crippen LogP contribution in [0.4, 0.5) is 4.79 Å². The van der Waals surface area contributed by atoms with Crippen LogP contribution >= 0.6 is 23.2 Å². The summed E-state index contributed by atoms with van der Waals surface area (Å²) in [5, 5.41) is 16.9. The molecule has 1 unspecified atom stereocenters. The minimum atomic E-state index is -1.31. The molecule has 0 aliphatic heterocycles. The van der Waals surface area contributed by atoms with E-state index in [4.69, 9.17) is 28.9 Å². The van der Waals surface area contributed by atoms with E-state index in [9.17, 15) is 14.9 Å². The van der Waals surface area contributed by atoms with Gasteiger partial charge in [0.2, 0.25) is 5.54 Å². The summed E-state index contributed by atoms with van der Waals surface area (Å²) in [6.07, 6.45) is 0.178. The highest BCUT2D eigenvalue weighted by atomic mass is 35.5. The summed E-state index contributed by atoms with van der Waals surface area (Å²) in [6.45, 7) is 3.10. The van der Waals surface area contributed by atoms with Crippen LogP contribution in [0, 0.1) is 10.1 Å². The highest BCUT2D eigenvalue weighted by Crippen LogP contribution is 2.35. The molecule has 0 aliphatic rings. The first-order valence-corrected chi connectivity index (χ1v) is 9.14. The second kappa shape index (κ2) is 9.03. The lowest BCUT2D eigenvalue weighted by atomic mass is 9.78. The molecular formula is C19H20Cl2N4O3. The van der Waals surface area contributed by atoms with Crippen LogP contribution in [0.2, 0.25) is 10.0 Å². The number of nitrogens with two attached hydrogens (primary N) is 1. The minimum absolute atomic E-state index is 0.178. The van der Waals surface area contributed by atoms with Crippen molar-refractivity contribution in [1.29, 1.82) is 0 Å². The van der Waals surface area contributed by atoms with Crippen molar-refractivity contribution < 1.29 is 9.72 Å². The van der Waals surface area contributed by atoms with E-state index in [2.05, 4.69) is 10.5 Å². The van der Waals surface area contributed by atoms with Crippen LogP contribution in [0.1, 0.15) is 37.3 Å². The Labute approximate surface area is 172 Å². The number of urea groups is 1. The zero-order valence-electron chi connectivity index (χ0n) is 15.4. The van der Waals surface area contributed by atoms with E-state index >= 15 is 0 Å². The van der Waals surface area contributed by atoms with E-state index in [-0.39, 0.29) is 11.3 Å². The Bertz CT molecular complexity index is 881. The van der Waals surface area contributed by atoms with Crippen LogP contribution < -0.4 is 11.2 Å². The maximum absolute atomic E-state index is 11.8. The molecule has 1 atom stereocenters. The SMILES string of the molecule is CC(C)(C(CC(=NNC(N)=O)c1ccc(Cl)cc1)c1ccc(Cl)cc1)[N+](=O)[O-]. The van der Waals surface area contributed by atoms with Crippen LogP contribution in [0.3, 0.4) is 0 Å². The minimum Gasteiger partial charge on any atom is -0.350 e. The maximum atomic E-state index is 11.8. The van der Waals surface area contributed by atoms with Crippen molar-refractivity contribution in [1.82, 2.24) is 5.43 Å². The van der Waals surface area contributed by atoms with Crippen molar-refractivity contribution >= 4 is 34.9 Å². The summed E-state index contributed by atoms with van der Waals surface area (Å²) in [4.78, 5) is 22.6. The van der Waals surface area contributed by atoms with Crippen molar-refractivity contribution in [3.63, 3.8) is 0 Å². The fourth-order valence-electron chi connectivity index (χ4n) is 2.78. The number of nitrogens with zero attached hydrogens (tertiary/aromatic N) is 2. The quantitative estimate of drug-likeness (QED) is 0.386. The normalized spacial score (nSPS) is 13.1. The molecule has 0 saturated heterocycles. The lowest BCUT2D eigenvalue weighted by molar-refractivity contribution is -0.565. The van der Waals surface area contributed by atoms with Gasteiger partial charge in [-0.3, -0.25) is 10.1 Å². The highest BCUT2D eigenvalue weighted by Gasteiger charge is 2.42. The molecule has 0 bridgehead atoms. The van der Waals surface area contributed by atoms with E-state index in [0.717, 1.165) is 5.56 Å². The van der Waals surface area contributed by atoms with Gasteiger partial charge in [-0.05, 0) is 35.4 Å². The van der Waals surface area contributed by atoms with E-state index < -0.39 is 17.5 Å². The van der Waals surface area contributed by atoms with E-state index in [0.29, 0.717) is 21.3 Å². The summed E-state index contributed by atoms with van der Waals surface area (Å²) in [7, 11) is 0. The predicted octanol–water partition coefficient (Wildman–Crippen LogP) is 4.60. The molecule has 0 aromatic heterocycles. The molecule has 28 heavy (non-hydrogen) atoms. The lowest BCUT2D eigenvalue weighted by Gasteiger charge is -2.28. The second-order valence-corrected chi connectivity index (χ2v) is 7.63. The number of primary amides is 1. The first-order chi connectivity index (χ1) is 13.1. The molecule has 9 heteroatoms. The molecule has 2 aromatic rings. The van der Waals surface area contributed by atoms with E-state index in [1.54, 1.807) is 62.4 Å². The molecule has 0 radical (unpaired) electrons. The van der Waals surface area contributed by atoms with Gasteiger partial charge in [-0.1, -0.05) is 47.5 Å². The largest absolute Gasteiger partial charge is 0.350 e. The van der Waals surface area contributed by atoms with Crippen LogP contribution in [0.25, 0.3) is 0 Å². The third kappa shape index (κ3) is 5.43. The zero-order valence-corrected chi connectivity index (χ0v) is 16.9. The molecule has 2 amide bonds. The van der Waals surface area contributed by atoms with Gasteiger partial charge in [0.1, 0.15) is 0 Å². The number of nitrogens with one attached hydrogen (secondary N) is 1. The first kappa shape index (κ1) is 21.7. The van der Waals surface area contributed by atoms with Crippen LogP contribution in [0.5, 0.6) is 0 Å². The first-order valence-electron chi connectivity index (χ1n) is 8.39. The number of halogens is 2. The fraction of sp³-hybridized carbons (Fsp3) is 0.263. The number of hydrogen-bond acceptors (Lipinski definition) is 4. The van der Waals surface area contributed by atoms with Gasteiger partial charge in [0.25, 0.3) is 0 Å². The lowest BCUT2D eigenvalue weighted by Crippen LogP contribution is -2.39. The number of nitro groups is 1. The number of rotatable bonds is 7. The average molecular weight is 423 g/mol. The number of carbonyl (C=O) groups is 1. The molecule has 0 aliphatic carbocycles. The Hall–Kier alpha value is -2.64. The highest BCUT2D eigenvalue weighted by molar-refractivity contribution is 6.30. The number of carbonyl (C=O) groups excluding carboxylic acids is 1. The Morgan fingerprint density at radius 3 is 2.11 bits per heavy atom. The molecule has 0 fully saturated rings. The zero-order chi connectivity index (χ0) is 20.9. The van der Waals surface area contributed by atoms with Crippen molar-refractivity contribution in [3.05, 3.63) is 79.8 Å². The van der Waals surface area contributed by atoms with Gasteiger partial charge in [-0.15, -0.1) is 0 Å². The molecule has 3 N–H and O–H groups in total. The van der Waals surface area contributed by atoms with Gasteiger partial charge >= 0.3 is 6.03 Å². The van der Waals surface area contributed by atoms with Crippen LogP contribution in [-0.2, 0) is 0 Å². The Morgan fingerprint density at radius 1 is 1.14 bits per heavy atom. The van der Waals surface area contributed by atoms with Gasteiger partial charge in [-0.2, -0.15) is 5.10 Å². The summed E-state index contributed by atoms with van der Waals surface area (Å²) in [5.74, 6) is -0.552. The van der Waals surface area contributed by atoms with E-state index in [1.165, 1.54) is 0 Å². The van der Waals surface area contributed by atoms with Gasteiger partial charge in [-0.25, -0.2) is 10.2 Å². The molecule has 0 heterocycles. The van der Waals surface area contributed by atoms with Gasteiger partial charge < -0.3 is 5.73 Å². The molecule has 7 nitrogen and oxygen atoms in total. The average Bonchev–Trinajstić information content (AvgIpc) is 2.63. The van der Waals surface area contributed by atoms with Crippen molar-refractivity contribution in [2.75, 3.05) is 0 Å². The molecule has 2 rings (SSSR count). The third-order valence-corrected chi connectivity index (χ3v) is 4.98. The number of benzene rings is 2. The molecule has 0 saturated carbocycles. The number of hydrazone groups is 1. The van der Waals surface area contributed by atoms with Crippen molar-refractivity contribution in [2.45, 2.75) is 31.7 Å². The summed E-state index contributed by atoms with van der Waals surface area (Å²) in [6, 6.07) is 12.8. The molecule has 148 valence electrons. The Morgan fingerprint density at radius 2 is 1.64 bits per heavy atom.